The number of fused-ring (bicyclic) bond motifs is 6. The number of hydrogen-bond donors (Lipinski definition) is 4. The maximum Gasteiger partial charge on any atom is 0.410 e. The quantitative estimate of drug-likeness (QED) is 0.110. The number of phenols is 2. The van der Waals surface area contributed by atoms with Crippen LogP contribution in [0.1, 0.15) is 134 Å². The number of aromatic hydroxyl groups is 2. The first-order valence-corrected chi connectivity index (χ1v) is 28.3. The van der Waals surface area contributed by atoms with Gasteiger partial charge in [-0.15, -0.1) is 0 Å². The minimum Gasteiger partial charge on any atom is -0.508 e. The third kappa shape index (κ3) is 10.5. The van der Waals surface area contributed by atoms with Gasteiger partial charge in [-0.1, -0.05) is 84.2 Å². The SMILES string of the molecule is CC(C)(C)OC(=O)N1CCc2c(Br)ccc(O)c2[C@H]1CN1C(=O)c2ccccc2C1=O.COc1ccc(Br)c2c1[C@@H](CN1C(=O)c3ccccc3C1=O)NCC2.O=C1c2ccccc2C(=O)N1C[C@H]1NCCc2c(Br)ccc(O)c21. The van der Waals surface area contributed by atoms with Crippen molar-refractivity contribution in [3.8, 4) is 17.2 Å². The van der Waals surface area contributed by atoms with Crippen LogP contribution >= 0.6 is 47.8 Å². The van der Waals surface area contributed by atoms with E-state index in [4.69, 9.17) is 9.47 Å². The fraction of sp³-hybridized carbons (Fsp3) is 0.283. The summed E-state index contributed by atoms with van der Waals surface area (Å²) in [5.74, 6) is -0.884. The third-order valence-electron chi connectivity index (χ3n) is 14.9. The zero-order valence-electron chi connectivity index (χ0n) is 44.0. The molecule has 0 fully saturated rings. The van der Waals surface area contributed by atoms with Crippen LogP contribution in [0.15, 0.2) is 123 Å². The van der Waals surface area contributed by atoms with Gasteiger partial charge in [0, 0.05) is 49.7 Å². The van der Waals surface area contributed by atoms with Gasteiger partial charge in [-0.05, 0) is 143 Å². The summed E-state index contributed by atoms with van der Waals surface area (Å²) in [6.07, 6.45) is 1.59. The standard InChI is InChI=1S/C23H23BrN2O5.C19H17BrN2O3.C18H15BrN2O3/c1-23(2,3)31-22(30)25-11-10-15-16(24)8-9-18(27)19(15)17(25)12-26-20(28)13-6-4-5-7-14(13)21(26)29;1-25-16-7-6-14(20)13-8-9-21-15(17(13)16)10-22-18(23)11-4-2-3-5-12(11)19(22)24;19-13-5-6-15(22)16-12(13)7-8-20-14(16)9-21-17(23)10-3-1-2-4-11(10)18(21)24/h4-9,17,27H,10-12H2,1-3H3;2-7,15,21H,8-10H2,1H3;1-6,14,20,22H,7-9H2/t17-;15-;14-/m111/s1. The molecule has 12 rings (SSSR count). The molecule has 0 radical (unpaired) electrons. The lowest BCUT2D eigenvalue weighted by Crippen LogP contribution is -2.48. The number of ether oxygens (including phenoxy) is 2. The molecule has 6 aliphatic rings. The minimum absolute atomic E-state index is 0.00747. The summed E-state index contributed by atoms with van der Waals surface area (Å²) in [5.41, 5.74) is 7.13. The average molecular weight is 1280 g/mol. The number of nitrogens with one attached hydrogen (secondary N) is 2. The molecule has 80 heavy (non-hydrogen) atoms. The van der Waals surface area contributed by atoms with Crippen molar-refractivity contribution < 1.29 is 53.2 Å². The Bertz CT molecular complexity index is 3460. The van der Waals surface area contributed by atoms with Crippen molar-refractivity contribution in [1.82, 2.24) is 30.2 Å². The van der Waals surface area contributed by atoms with Gasteiger partial charge >= 0.3 is 6.09 Å². The Morgan fingerprint density at radius 1 is 0.525 bits per heavy atom. The van der Waals surface area contributed by atoms with Crippen molar-refractivity contribution in [3.05, 3.63) is 189 Å². The summed E-state index contributed by atoms with van der Waals surface area (Å²) in [6.45, 7) is 7.56. The predicted octanol–water partition coefficient (Wildman–Crippen LogP) is 9.86. The van der Waals surface area contributed by atoms with E-state index < -0.39 is 29.6 Å². The van der Waals surface area contributed by atoms with Gasteiger partial charge in [-0.2, -0.15) is 0 Å². The van der Waals surface area contributed by atoms with Crippen LogP contribution in [0.25, 0.3) is 0 Å². The van der Waals surface area contributed by atoms with Crippen LogP contribution in [-0.2, 0) is 24.0 Å². The predicted molar refractivity (Wildman–Crippen MR) is 306 cm³/mol. The third-order valence-corrected chi connectivity index (χ3v) is 17.2. The number of hydrogen-bond acceptors (Lipinski definition) is 13. The fourth-order valence-electron chi connectivity index (χ4n) is 11.2. The number of nitrogens with zero attached hydrogens (tertiary/aromatic N) is 4. The highest BCUT2D eigenvalue weighted by Gasteiger charge is 2.44. The number of rotatable bonds is 7. The van der Waals surface area contributed by atoms with E-state index in [-0.39, 0.29) is 66.8 Å². The van der Waals surface area contributed by atoms with Crippen LogP contribution < -0.4 is 15.4 Å². The molecule has 17 nitrogen and oxygen atoms in total. The molecular formula is C60H55Br3N6O11. The molecule has 0 bridgehead atoms. The molecule has 20 heteroatoms. The highest BCUT2D eigenvalue weighted by Crippen LogP contribution is 2.43. The number of amides is 7. The summed E-state index contributed by atoms with van der Waals surface area (Å²) in [4.78, 5) is 94.5. The maximum absolute atomic E-state index is 13.0. The van der Waals surface area contributed by atoms with Crippen LogP contribution in [-0.4, -0.2) is 123 Å². The monoisotopic (exact) mass is 1270 g/mol. The molecule has 6 aromatic carbocycles. The molecule has 0 unspecified atom stereocenters. The Hall–Kier alpha value is -7.23. The molecule has 4 N–H and O–H groups in total. The number of carbonyl (C=O) groups is 7. The highest BCUT2D eigenvalue weighted by molar-refractivity contribution is 9.11. The van der Waals surface area contributed by atoms with E-state index in [0.29, 0.717) is 51.9 Å². The largest absolute Gasteiger partial charge is 0.508 e. The van der Waals surface area contributed by atoms with Gasteiger partial charge in [-0.3, -0.25) is 48.4 Å². The number of phenolic OH excluding ortho intramolecular Hbond substituents is 2. The van der Waals surface area contributed by atoms with E-state index in [1.165, 1.54) is 26.3 Å². The molecule has 0 saturated heterocycles. The Morgan fingerprint density at radius 2 is 0.887 bits per heavy atom. The Morgan fingerprint density at radius 3 is 1.30 bits per heavy atom. The second kappa shape index (κ2) is 22.7. The molecule has 0 aliphatic carbocycles. The van der Waals surface area contributed by atoms with Crippen LogP contribution in [0, 0.1) is 0 Å². The van der Waals surface area contributed by atoms with E-state index in [1.807, 2.05) is 18.2 Å². The van der Waals surface area contributed by atoms with Gasteiger partial charge in [0.1, 0.15) is 22.8 Å². The maximum atomic E-state index is 13.0. The van der Waals surface area contributed by atoms with Crippen molar-refractivity contribution in [2.75, 3.05) is 46.4 Å². The first kappa shape index (κ1) is 56.1. The van der Waals surface area contributed by atoms with Crippen LogP contribution in [0.2, 0.25) is 0 Å². The van der Waals surface area contributed by atoms with Crippen LogP contribution in [0.3, 0.4) is 0 Å². The Kier molecular flexibility index (Phi) is 15.9. The van der Waals surface area contributed by atoms with E-state index in [0.717, 1.165) is 72.3 Å². The second-order valence-electron chi connectivity index (χ2n) is 20.8. The van der Waals surface area contributed by atoms with Crippen molar-refractivity contribution in [2.45, 2.75) is 63.8 Å². The van der Waals surface area contributed by atoms with Gasteiger partial charge in [0.15, 0.2) is 0 Å². The smallest absolute Gasteiger partial charge is 0.410 e. The van der Waals surface area contributed by atoms with E-state index in [2.05, 4.69) is 58.4 Å². The Labute approximate surface area is 486 Å². The average Bonchev–Trinajstić information content (AvgIpc) is 3.96. The lowest BCUT2D eigenvalue weighted by atomic mass is 9.91. The molecule has 6 aromatic rings. The van der Waals surface area contributed by atoms with Gasteiger partial charge in [0.05, 0.1) is 65.2 Å². The number of carbonyl (C=O) groups excluding carboxylic acids is 7. The van der Waals surface area contributed by atoms with Gasteiger partial charge in [0.25, 0.3) is 35.4 Å². The summed E-state index contributed by atoms with van der Waals surface area (Å²) >= 11 is 10.6. The summed E-state index contributed by atoms with van der Waals surface area (Å²) in [6, 6.07) is 29.9. The number of methoxy groups -OCH3 is 1. The molecule has 6 aliphatic heterocycles. The van der Waals surface area contributed by atoms with Crippen LogP contribution in [0.5, 0.6) is 17.2 Å². The van der Waals surface area contributed by atoms with Gasteiger partial charge in [-0.25, -0.2) is 4.79 Å². The molecule has 6 heterocycles. The van der Waals surface area contributed by atoms with Crippen molar-refractivity contribution >= 4 is 89.3 Å². The number of imide groups is 3. The zero-order chi connectivity index (χ0) is 56.9. The van der Waals surface area contributed by atoms with Crippen molar-refractivity contribution in [3.63, 3.8) is 0 Å². The van der Waals surface area contributed by atoms with Crippen molar-refractivity contribution in [1.29, 1.82) is 0 Å². The molecule has 7 amide bonds. The first-order chi connectivity index (χ1) is 38.3. The van der Waals surface area contributed by atoms with E-state index >= 15 is 0 Å². The molecule has 3 atom stereocenters. The molecule has 0 saturated carbocycles. The lowest BCUT2D eigenvalue weighted by Gasteiger charge is -2.39. The first-order valence-electron chi connectivity index (χ1n) is 26.0. The van der Waals surface area contributed by atoms with Crippen LogP contribution in [0.4, 0.5) is 4.79 Å². The highest BCUT2D eigenvalue weighted by atomic mass is 79.9. The zero-order valence-corrected chi connectivity index (χ0v) is 48.7. The van der Waals surface area contributed by atoms with Gasteiger partial charge < -0.3 is 30.3 Å². The van der Waals surface area contributed by atoms with Crippen molar-refractivity contribution in [2.24, 2.45) is 0 Å². The van der Waals surface area contributed by atoms with E-state index in [1.54, 1.807) is 113 Å². The number of benzene rings is 6. The second-order valence-corrected chi connectivity index (χ2v) is 23.4. The fourth-order valence-corrected chi connectivity index (χ4v) is 12.9. The summed E-state index contributed by atoms with van der Waals surface area (Å²) in [5, 5.41) is 27.7. The lowest BCUT2D eigenvalue weighted by molar-refractivity contribution is 0.00956. The molecule has 0 spiro atoms. The molecule has 412 valence electrons. The minimum atomic E-state index is -0.738. The summed E-state index contributed by atoms with van der Waals surface area (Å²) in [7, 11) is 1.64. The topological polar surface area (TPSA) is 215 Å². The van der Waals surface area contributed by atoms with E-state index in [9.17, 15) is 43.8 Å². The summed E-state index contributed by atoms with van der Waals surface area (Å²) < 4.78 is 13.9. The normalized spacial score (nSPS) is 18.8. The molecular weight excluding hydrogens is 1220 g/mol. The number of halogens is 3. The molecule has 0 aromatic heterocycles. The van der Waals surface area contributed by atoms with Gasteiger partial charge in [0.2, 0.25) is 0 Å². The Balaban J connectivity index is 0.000000136.